The predicted molar refractivity (Wildman–Crippen MR) is 156 cm³/mol. The summed E-state index contributed by atoms with van der Waals surface area (Å²) in [5.41, 5.74) is 1.92. The van der Waals surface area contributed by atoms with Crippen LogP contribution in [0.4, 0.5) is 0 Å². The summed E-state index contributed by atoms with van der Waals surface area (Å²) in [4.78, 5) is 60.3. The van der Waals surface area contributed by atoms with Crippen LogP contribution in [-0.2, 0) is 25.5 Å². The highest BCUT2D eigenvalue weighted by Crippen LogP contribution is 2.42. The van der Waals surface area contributed by atoms with Gasteiger partial charge in [-0.1, -0.05) is 18.6 Å². The van der Waals surface area contributed by atoms with Gasteiger partial charge in [0.05, 0.1) is 12.0 Å². The summed E-state index contributed by atoms with van der Waals surface area (Å²) >= 11 is 0. The molecule has 4 N–H and O–H groups in total. The van der Waals surface area contributed by atoms with E-state index in [-0.39, 0.29) is 58.8 Å². The lowest BCUT2D eigenvalue weighted by Gasteiger charge is -2.32. The Bertz CT molecular complexity index is 1760. The van der Waals surface area contributed by atoms with E-state index in [4.69, 9.17) is 9.15 Å². The first-order chi connectivity index (χ1) is 20.6. The molecule has 0 spiro atoms. The fourth-order valence-corrected chi connectivity index (χ4v) is 5.17. The molecule has 0 saturated carbocycles. The Morgan fingerprint density at radius 1 is 0.907 bits per heavy atom. The maximum atomic E-state index is 12.6. The van der Waals surface area contributed by atoms with E-state index < -0.39 is 18.0 Å². The monoisotopic (exact) mass is 586 g/mol. The zero-order valence-corrected chi connectivity index (χ0v) is 23.3. The van der Waals surface area contributed by atoms with Crippen molar-refractivity contribution in [1.82, 2.24) is 10.6 Å². The van der Waals surface area contributed by atoms with Gasteiger partial charge in [0, 0.05) is 41.6 Å². The molecule has 2 heterocycles. The second-order valence-corrected chi connectivity index (χ2v) is 10.5. The maximum Gasteiger partial charge on any atom is 0.336 e. The van der Waals surface area contributed by atoms with Crippen molar-refractivity contribution in [1.29, 1.82) is 0 Å². The molecule has 1 aliphatic carbocycles. The van der Waals surface area contributed by atoms with Gasteiger partial charge in [0.2, 0.25) is 11.8 Å². The molecule has 3 aliphatic rings. The highest BCUT2D eigenvalue weighted by Gasteiger charge is 2.39. The van der Waals surface area contributed by atoms with Crippen molar-refractivity contribution in [2.24, 2.45) is 0 Å². The number of aromatic carboxylic acids is 1. The average Bonchev–Trinajstić information content (AvgIpc) is 2.96. The Morgan fingerprint density at radius 2 is 1.70 bits per heavy atom. The molecule has 5 rings (SSSR count). The lowest BCUT2D eigenvalue weighted by Crippen LogP contribution is -2.58. The summed E-state index contributed by atoms with van der Waals surface area (Å²) in [6.45, 7) is 2.11. The number of esters is 1. The molecule has 1 fully saturated rings. The van der Waals surface area contributed by atoms with Crippen molar-refractivity contribution in [3.63, 3.8) is 0 Å². The van der Waals surface area contributed by atoms with Crippen molar-refractivity contribution < 1.29 is 38.5 Å². The zero-order valence-electron chi connectivity index (χ0n) is 23.3. The lowest BCUT2D eigenvalue weighted by molar-refractivity contribution is -0.176. The van der Waals surface area contributed by atoms with Crippen molar-refractivity contribution in [2.45, 2.75) is 51.2 Å². The number of carbonyl (C=O) groups is 4. The van der Waals surface area contributed by atoms with Crippen molar-refractivity contribution in [2.75, 3.05) is 6.54 Å². The minimum absolute atomic E-state index is 0.0267. The number of fused-ring (bicyclic) bond motifs is 2. The topological polar surface area (TPSA) is 172 Å². The van der Waals surface area contributed by atoms with Crippen molar-refractivity contribution in [3.8, 4) is 28.2 Å². The van der Waals surface area contributed by atoms with Crippen LogP contribution < -0.4 is 16.1 Å². The molecule has 11 heteroatoms. The molecule has 11 nitrogen and oxygen atoms in total. The number of carboxylic acid groups (broad SMARTS) is 1. The molecule has 222 valence electrons. The van der Waals surface area contributed by atoms with E-state index in [0.29, 0.717) is 53.4 Å². The Hall–Kier alpha value is -5.19. The third kappa shape index (κ3) is 6.50. The molecule has 2 aliphatic heterocycles. The molecule has 2 aromatic carbocycles. The number of nitrogens with one attached hydrogen (secondary N) is 2. The zero-order chi connectivity index (χ0) is 30.7. The second kappa shape index (κ2) is 12.4. The number of hydrogen-bond acceptors (Lipinski definition) is 8. The summed E-state index contributed by atoms with van der Waals surface area (Å²) < 4.78 is 10.7. The largest absolute Gasteiger partial charge is 0.508 e. The molecule has 2 atom stereocenters. The highest BCUT2D eigenvalue weighted by atomic mass is 16.6. The Kier molecular flexibility index (Phi) is 8.42. The predicted octanol–water partition coefficient (Wildman–Crippen LogP) is 3.62. The molecular weight excluding hydrogens is 556 g/mol. The number of aromatic hydroxyl groups is 1. The minimum atomic E-state index is -1.19. The molecular formula is C32H30N2O9. The van der Waals surface area contributed by atoms with Gasteiger partial charge in [-0.15, -0.1) is 0 Å². The lowest BCUT2D eigenvalue weighted by atomic mass is 9.89. The first-order valence-electron chi connectivity index (χ1n) is 13.9. The summed E-state index contributed by atoms with van der Waals surface area (Å²) in [6.07, 6.45) is 1.89. The number of phenols is 1. The number of benzene rings is 3. The van der Waals surface area contributed by atoms with Gasteiger partial charge in [-0.05, 0) is 61.2 Å². The summed E-state index contributed by atoms with van der Waals surface area (Å²) in [6, 6.07) is 12.9. The Morgan fingerprint density at radius 3 is 2.44 bits per heavy atom. The van der Waals surface area contributed by atoms with Crippen LogP contribution in [0.2, 0.25) is 0 Å². The number of amides is 2. The van der Waals surface area contributed by atoms with E-state index in [1.165, 1.54) is 30.3 Å². The molecule has 0 bridgehead atoms. The number of hydrogen-bond donors (Lipinski definition) is 4. The van der Waals surface area contributed by atoms with Crippen LogP contribution in [-0.4, -0.2) is 52.7 Å². The SMILES string of the molecule is C[C@H]1OC(=O)[C@H]1NC(=O)CCCCCNC(=O)Cc1ccc(-c2c3ccc(=O)cc-3oc3cc(O)ccc23)c(C(=O)O)c1. The smallest absolute Gasteiger partial charge is 0.336 e. The van der Waals surface area contributed by atoms with Gasteiger partial charge in [0.15, 0.2) is 11.5 Å². The first kappa shape index (κ1) is 29.3. The van der Waals surface area contributed by atoms with Gasteiger partial charge >= 0.3 is 11.9 Å². The van der Waals surface area contributed by atoms with Crippen LogP contribution in [0.15, 0.2) is 63.8 Å². The van der Waals surface area contributed by atoms with Crippen LogP contribution in [0.3, 0.4) is 0 Å². The van der Waals surface area contributed by atoms with Crippen LogP contribution in [0.1, 0.15) is 48.5 Å². The Labute approximate surface area is 245 Å². The quantitative estimate of drug-likeness (QED) is 0.116. The number of carbonyl (C=O) groups excluding carboxylic acids is 3. The van der Waals surface area contributed by atoms with Gasteiger partial charge in [-0.25, -0.2) is 9.59 Å². The maximum absolute atomic E-state index is 12.6. The van der Waals surface area contributed by atoms with E-state index in [2.05, 4.69) is 10.6 Å². The number of phenolic OH excluding ortho intramolecular Hbond substituents is 1. The summed E-state index contributed by atoms with van der Waals surface area (Å²) in [7, 11) is 0. The first-order valence-corrected chi connectivity index (χ1v) is 13.9. The third-order valence-electron chi connectivity index (χ3n) is 7.37. The van der Waals surface area contributed by atoms with E-state index in [1.807, 2.05) is 0 Å². The summed E-state index contributed by atoms with van der Waals surface area (Å²) in [5, 5.41) is 26.1. The van der Waals surface area contributed by atoms with Gasteiger partial charge in [0.25, 0.3) is 0 Å². The fraction of sp³-hybridized carbons (Fsp3) is 0.281. The molecule has 0 aromatic heterocycles. The van der Waals surface area contributed by atoms with E-state index >= 15 is 0 Å². The molecule has 0 unspecified atom stereocenters. The molecule has 43 heavy (non-hydrogen) atoms. The van der Waals surface area contributed by atoms with E-state index in [0.717, 1.165) is 0 Å². The molecule has 0 radical (unpaired) electrons. The molecule has 1 saturated heterocycles. The van der Waals surface area contributed by atoms with E-state index in [9.17, 15) is 34.2 Å². The van der Waals surface area contributed by atoms with Gasteiger partial charge in [-0.2, -0.15) is 0 Å². The number of carboxylic acids is 1. The third-order valence-corrected chi connectivity index (χ3v) is 7.37. The standard InChI is InChI=1S/C32H30N2O9/c1-17-30(32(41)42-17)34-27(37)5-3-2-4-12-33-28(38)14-18-6-9-21(24(13-18)31(39)40)29-22-10-7-19(35)15-25(22)43-26-16-20(36)8-11-23(26)29/h6-11,13,15-17,30,35H,2-5,12,14H2,1H3,(H,33,38)(H,34,37)(H,39,40)/t17-,30+/m1/s1. The van der Waals surface area contributed by atoms with Gasteiger partial charge in [-0.3, -0.25) is 14.4 Å². The van der Waals surface area contributed by atoms with Crippen LogP contribution in [0.25, 0.3) is 33.4 Å². The fourth-order valence-electron chi connectivity index (χ4n) is 5.17. The molecule has 2 aromatic rings. The van der Waals surface area contributed by atoms with Crippen LogP contribution in [0, 0.1) is 0 Å². The normalized spacial score (nSPS) is 16.0. The van der Waals surface area contributed by atoms with Crippen molar-refractivity contribution in [3.05, 3.63) is 75.9 Å². The van der Waals surface area contributed by atoms with Crippen LogP contribution >= 0.6 is 0 Å². The highest BCUT2D eigenvalue weighted by molar-refractivity contribution is 6.07. The summed E-state index contributed by atoms with van der Waals surface area (Å²) in [5.74, 6) is -1.89. The van der Waals surface area contributed by atoms with Crippen molar-refractivity contribution >= 4 is 34.7 Å². The second-order valence-electron chi connectivity index (χ2n) is 10.5. The Balaban J connectivity index is 1.23. The number of unbranched alkanes of at least 4 members (excludes halogenated alkanes) is 2. The van der Waals surface area contributed by atoms with E-state index in [1.54, 1.807) is 31.2 Å². The van der Waals surface area contributed by atoms with Gasteiger partial charge in [0.1, 0.15) is 23.2 Å². The minimum Gasteiger partial charge on any atom is -0.508 e. The number of rotatable bonds is 11. The van der Waals surface area contributed by atoms with Gasteiger partial charge < -0.3 is 30.0 Å². The van der Waals surface area contributed by atoms with Crippen LogP contribution in [0.5, 0.6) is 5.75 Å². The number of cyclic esters (lactones) is 1. The number of ether oxygens (including phenoxy) is 1. The average molecular weight is 587 g/mol. The molecule has 2 amide bonds.